The number of thioether (sulfide) groups is 1. The van der Waals surface area contributed by atoms with Crippen LogP contribution in [0.15, 0.2) is 63.6 Å². The number of amides is 1. The first-order chi connectivity index (χ1) is 11.8. The normalized spacial score (nSPS) is 16.2. The van der Waals surface area contributed by atoms with Gasteiger partial charge in [0.15, 0.2) is 5.17 Å². The summed E-state index contributed by atoms with van der Waals surface area (Å²) < 4.78 is 5.15. The van der Waals surface area contributed by atoms with E-state index in [1.54, 1.807) is 36.2 Å². The zero-order valence-electron chi connectivity index (χ0n) is 12.8. The number of rotatable bonds is 4. The Kier molecular flexibility index (Phi) is 3.96. The maximum atomic E-state index is 11.9. The number of anilines is 1. The van der Waals surface area contributed by atoms with Gasteiger partial charge in [-0.25, -0.2) is 0 Å². The number of nitrogens with one attached hydrogen (secondary N) is 1. The fourth-order valence-corrected chi connectivity index (χ4v) is 3.56. The smallest absolute Gasteiger partial charge is 0.248 e. The largest absolute Gasteiger partial charge is 0.465 e. The first-order valence-electron chi connectivity index (χ1n) is 7.61. The van der Waals surface area contributed by atoms with E-state index in [-0.39, 0.29) is 5.91 Å². The summed E-state index contributed by atoms with van der Waals surface area (Å²) in [5.41, 5.74) is 3.06. The number of carbonyl (C=O) groups excluding carboxylic acids is 1. The monoisotopic (exact) mass is 337 g/mol. The minimum Gasteiger partial charge on any atom is -0.465 e. The number of aliphatic imine (C=N–C) groups is 1. The van der Waals surface area contributed by atoms with E-state index in [0.717, 1.165) is 29.5 Å². The second kappa shape index (κ2) is 6.41. The summed E-state index contributed by atoms with van der Waals surface area (Å²) in [5.74, 6) is 0.456. The molecule has 2 aromatic rings. The van der Waals surface area contributed by atoms with Crippen molar-refractivity contribution in [1.82, 2.24) is 4.90 Å². The van der Waals surface area contributed by atoms with Crippen molar-refractivity contribution in [2.75, 3.05) is 18.4 Å². The lowest BCUT2D eigenvalue weighted by atomic mass is 10.1. The van der Waals surface area contributed by atoms with Crippen LogP contribution in [0.3, 0.4) is 0 Å². The molecular formula is C18H15N3O2S. The molecule has 1 aromatic carbocycles. The molecule has 5 nitrogen and oxygen atoms in total. The molecule has 0 fully saturated rings. The topological polar surface area (TPSA) is 57.8 Å². The molecule has 1 N–H and O–H groups in total. The number of hydrogen-bond donors (Lipinski definition) is 1. The molecule has 6 heteroatoms. The first kappa shape index (κ1) is 14.8. The van der Waals surface area contributed by atoms with Gasteiger partial charge in [-0.2, -0.15) is 0 Å². The minimum atomic E-state index is -0.191. The summed E-state index contributed by atoms with van der Waals surface area (Å²) in [4.78, 5) is 18.6. The van der Waals surface area contributed by atoms with Gasteiger partial charge < -0.3 is 14.6 Å². The summed E-state index contributed by atoms with van der Waals surface area (Å²) in [6, 6.07) is 11.4. The minimum absolute atomic E-state index is 0.191. The molecule has 3 heterocycles. The fraction of sp³-hybridized carbons (Fsp3) is 0.111. The number of benzene rings is 1. The van der Waals surface area contributed by atoms with Crippen LogP contribution >= 0.6 is 11.8 Å². The molecule has 4 rings (SSSR count). The van der Waals surface area contributed by atoms with Crippen LogP contribution in [0, 0.1) is 0 Å². The van der Waals surface area contributed by atoms with Crippen molar-refractivity contribution in [2.24, 2.45) is 4.99 Å². The molecule has 24 heavy (non-hydrogen) atoms. The molecule has 1 amide bonds. The Hall–Kier alpha value is -2.73. The van der Waals surface area contributed by atoms with E-state index >= 15 is 0 Å². The van der Waals surface area contributed by atoms with E-state index in [4.69, 9.17) is 4.42 Å². The zero-order valence-corrected chi connectivity index (χ0v) is 13.6. The van der Waals surface area contributed by atoms with Gasteiger partial charge in [0.05, 0.1) is 18.5 Å². The van der Waals surface area contributed by atoms with E-state index in [1.165, 1.54) is 11.8 Å². The van der Waals surface area contributed by atoms with Crippen molar-refractivity contribution < 1.29 is 9.21 Å². The van der Waals surface area contributed by atoms with Gasteiger partial charge in [-0.15, -0.1) is 0 Å². The Morgan fingerprint density at radius 2 is 2.17 bits per heavy atom. The third-order valence-electron chi connectivity index (χ3n) is 3.76. The lowest BCUT2D eigenvalue weighted by Gasteiger charge is -2.16. The van der Waals surface area contributed by atoms with Crippen LogP contribution in [-0.2, 0) is 4.79 Å². The van der Waals surface area contributed by atoms with E-state index in [2.05, 4.69) is 20.6 Å². The molecule has 0 unspecified atom stereocenters. The number of carbonyl (C=O) groups is 1. The van der Waals surface area contributed by atoms with Crippen LogP contribution in [-0.4, -0.2) is 29.1 Å². The van der Waals surface area contributed by atoms with Gasteiger partial charge in [0, 0.05) is 23.7 Å². The van der Waals surface area contributed by atoms with Gasteiger partial charge in [0.2, 0.25) is 5.91 Å². The maximum absolute atomic E-state index is 11.9. The second-order valence-corrected chi connectivity index (χ2v) is 6.19. The third kappa shape index (κ3) is 3.00. The maximum Gasteiger partial charge on any atom is 0.248 e. The van der Waals surface area contributed by atoms with E-state index < -0.39 is 0 Å². The highest BCUT2D eigenvalue weighted by Gasteiger charge is 2.26. The average Bonchev–Trinajstić information content (AvgIpc) is 3.32. The number of nitrogens with zero attached hydrogens (tertiary/aromatic N) is 2. The van der Waals surface area contributed by atoms with E-state index in [9.17, 15) is 4.79 Å². The van der Waals surface area contributed by atoms with Crippen LogP contribution in [0.1, 0.15) is 11.3 Å². The van der Waals surface area contributed by atoms with E-state index in [0.29, 0.717) is 5.76 Å². The first-order valence-corrected chi connectivity index (χ1v) is 8.49. The number of fused-ring (bicyclic) bond motifs is 1. The van der Waals surface area contributed by atoms with Gasteiger partial charge in [-0.05, 0) is 35.9 Å². The van der Waals surface area contributed by atoms with Crippen molar-refractivity contribution in [3.8, 4) is 0 Å². The molecule has 0 spiro atoms. The second-order valence-electron chi connectivity index (χ2n) is 5.35. The van der Waals surface area contributed by atoms with Gasteiger partial charge >= 0.3 is 0 Å². The van der Waals surface area contributed by atoms with Crippen molar-refractivity contribution in [1.29, 1.82) is 0 Å². The van der Waals surface area contributed by atoms with E-state index in [1.807, 2.05) is 24.3 Å². The number of furan rings is 1. The van der Waals surface area contributed by atoms with Crippen LogP contribution in [0.4, 0.5) is 5.69 Å². The van der Waals surface area contributed by atoms with Crippen molar-refractivity contribution in [3.05, 3.63) is 65.5 Å². The molecule has 2 aliphatic heterocycles. The molecular weight excluding hydrogens is 322 g/mol. The standard InChI is InChI=1S/C18H15N3O2S/c22-17(8-7-15-2-1-11-23-15)20-14-5-3-13(4-6-14)16-12-24-18-19-9-10-21(16)18/h1-8,11-12H,9-10H2,(H,20,22)/b8-7+. The molecule has 2 aliphatic rings. The summed E-state index contributed by atoms with van der Waals surface area (Å²) in [6.45, 7) is 1.79. The molecule has 120 valence electrons. The van der Waals surface area contributed by atoms with Gasteiger partial charge in [-0.1, -0.05) is 23.9 Å². The summed E-state index contributed by atoms with van der Waals surface area (Å²) in [6.07, 6.45) is 4.66. The highest BCUT2D eigenvalue weighted by Crippen LogP contribution is 2.35. The predicted octanol–water partition coefficient (Wildman–Crippen LogP) is 3.65. The highest BCUT2D eigenvalue weighted by atomic mass is 32.2. The Bertz CT molecular complexity index is 836. The summed E-state index contributed by atoms with van der Waals surface area (Å²) >= 11 is 1.66. The lowest BCUT2D eigenvalue weighted by Crippen LogP contribution is -2.19. The Balaban J connectivity index is 1.41. The molecule has 0 atom stereocenters. The van der Waals surface area contributed by atoms with Crippen molar-refractivity contribution in [2.45, 2.75) is 0 Å². The number of hydrogen-bond acceptors (Lipinski definition) is 5. The predicted molar refractivity (Wildman–Crippen MR) is 97.4 cm³/mol. The van der Waals surface area contributed by atoms with Gasteiger partial charge in [0.25, 0.3) is 0 Å². The molecule has 0 bridgehead atoms. The SMILES string of the molecule is O=C(/C=C/c1ccco1)Nc1ccc(C2=CSC3=NCCN23)cc1. The van der Waals surface area contributed by atoms with Crippen LogP contribution in [0.5, 0.6) is 0 Å². The lowest BCUT2D eigenvalue weighted by molar-refractivity contribution is -0.111. The van der Waals surface area contributed by atoms with Crippen molar-refractivity contribution in [3.63, 3.8) is 0 Å². The Labute approximate surface area is 143 Å². The third-order valence-corrected chi connectivity index (χ3v) is 4.66. The summed E-state index contributed by atoms with van der Waals surface area (Å²) in [7, 11) is 0. The van der Waals surface area contributed by atoms with Crippen LogP contribution in [0.25, 0.3) is 11.8 Å². The number of amidine groups is 1. The zero-order chi connectivity index (χ0) is 16.4. The quantitative estimate of drug-likeness (QED) is 0.865. The summed E-state index contributed by atoms with van der Waals surface area (Å²) in [5, 5.41) is 6.04. The van der Waals surface area contributed by atoms with Gasteiger partial charge in [-0.3, -0.25) is 9.79 Å². The Morgan fingerprint density at radius 1 is 1.29 bits per heavy atom. The average molecular weight is 337 g/mol. The molecule has 0 aliphatic carbocycles. The Morgan fingerprint density at radius 3 is 2.96 bits per heavy atom. The van der Waals surface area contributed by atoms with Gasteiger partial charge in [0.1, 0.15) is 5.76 Å². The molecule has 0 saturated heterocycles. The van der Waals surface area contributed by atoms with Crippen LogP contribution in [0.2, 0.25) is 0 Å². The fourth-order valence-electron chi connectivity index (χ4n) is 2.60. The molecule has 0 saturated carbocycles. The highest BCUT2D eigenvalue weighted by molar-refractivity contribution is 8.16. The van der Waals surface area contributed by atoms with Crippen molar-refractivity contribution >= 4 is 40.3 Å². The molecule has 0 radical (unpaired) electrons. The molecule has 1 aromatic heterocycles. The van der Waals surface area contributed by atoms with Crippen LogP contribution < -0.4 is 5.32 Å².